The van der Waals surface area contributed by atoms with E-state index in [2.05, 4.69) is 72.7 Å². The van der Waals surface area contributed by atoms with Crippen LogP contribution in [0.4, 0.5) is 0 Å². The fourth-order valence-electron chi connectivity index (χ4n) is 6.24. The van der Waals surface area contributed by atoms with Crippen molar-refractivity contribution in [2.24, 2.45) is 0 Å². The number of carbonyl (C=O) groups excluding carboxylic acids is 1. The number of ether oxygens (including phenoxy) is 2. The molecule has 5 aromatic carbocycles. The molecular weight excluding hydrogens is 679 g/mol. The molecule has 4 atom stereocenters. The maximum atomic E-state index is 12.1. The van der Waals surface area contributed by atoms with Gasteiger partial charge in [0.15, 0.2) is 6.29 Å². The van der Waals surface area contributed by atoms with E-state index in [4.69, 9.17) is 44.3 Å². The van der Waals surface area contributed by atoms with E-state index < -0.39 is 16.0 Å². The van der Waals surface area contributed by atoms with Crippen LogP contribution in [0.5, 0.6) is 0 Å². The Morgan fingerprint density at radius 1 is 0.837 bits per heavy atom. The Morgan fingerprint density at radius 2 is 1.55 bits per heavy atom. The van der Waals surface area contributed by atoms with Gasteiger partial charge in [0.1, 0.15) is 0 Å². The predicted octanol–water partition coefficient (Wildman–Crippen LogP) is 9.22. The Balaban J connectivity index is 1.23. The van der Waals surface area contributed by atoms with Gasteiger partial charge < -0.3 is 19.9 Å². The Kier molecular flexibility index (Phi) is 11.3. The van der Waals surface area contributed by atoms with E-state index in [1.165, 1.54) is 16.3 Å². The SMILES string of the molecule is CC(c1ccc2ccccc2c1)N(C)CC1CC(c2ccc(CO)cc2)OC(c2cccc(-c3cccc(CNC(=O)C(Cl)(Cl)Cl)c3)c2)O1. The number of halogens is 3. The maximum Gasteiger partial charge on any atom is 0.272 e. The standard InChI is InChI=1S/C40H39Cl3N2O4/c1-26(31-18-17-29-8-3-4-9-33(29)20-31)45(2)24-36-22-37(30-15-13-27(25-46)14-16-30)49-38(48-36)35-12-6-11-34(21-35)32-10-5-7-28(19-32)23-44-39(47)40(41,42)43/h3-21,26,36-38,46H,22-25H2,1-2H3,(H,44,47). The quantitative estimate of drug-likeness (QED) is 0.141. The molecule has 6 nitrogen and oxygen atoms in total. The summed E-state index contributed by atoms with van der Waals surface area (Å²) in [5.41, 5.74) is 6.87. The second-order valence-corrected chi connectivity index (χ2v) is 14.9. The van der Waals surface area contributed by atoms with Crippen LogP contribution in [-0.2, 0) is 27.4 Å². The lowest BCUT2D eigenvalue weighted by molar-refractivity contribution is -0.253. The number of aliphatic hydroxyl groups is 1. The first-order chi connectivity index (χ1) is 23.6. The highest BCUT2D eigenvalue weighted by atomic mass is 35.6. The Labute approximate surface area is 302 Å². The third-order valence-corrected chi connectivity index (χ3v) is 9.67. The Morgan fingerprint density at radius 3 is 2.29 bits per heavy atom. The summed E-state index contributed by atoms with van der Waals surface area (Å²) in [7, 11) is 2.14. The first-order valence-electron chi connectivity index (χ1n) is 16.3. The number of aliphatic hydroxyl groups excluding tert-OH is 1. The van der Waals surface area contributed by atoms with E-state index >= 15 is 0 Å². The molecule has 1 amide bonds. The van der Waals surface area contributed by atoms with E-state index in [9.17, 15) is 9.90 Å². The van der Waals surface area contributed by atoms with Crippen LogP contribution in [0.15, 0.2) is 115 Å². The fourth-order valence-corrected chi connectivity index (χ4v) is 6.44. The van der Waals surface area contributed by atoms with Crippen molar-refractivity contribution in [2.75, 3.05) is 13.6 Å². The van der Waals surface area contributed by atoms with Crippen LogP contribution in [0, 0.1) is 0 Å². The van der Waals surface area contributed by atoms with Gasteiger partial charge in [-0.1, -0.05) is 132 Å². The van der Waals surface area contributed by atoms with Crippen LogP contribution < -0.4 is 5.32 Å². The molecule has 0 bridgehead atoms. The maximum absolute atomic E-state index is 12.1. The van der Waals surface area contributed by atoms with Crippen molar-refractivity contribution < 1.29 is 19.4 Å². The highest BCUT2D eigenvalue weighted by molar-refractivity contribution is 6.76. The highest BCUT2D eigenvalue weighted by Gasteiger charge is 2.34. The van der Waals surface area contributed by atoms with Gasteiger partial charge in [-0.3, -0.25) is 9.69 Å². The van der Waals surface area contributed by atoms with Crippen LogP contribution in [0.25, 0.3) is 21.9 Å². The molecule has 1 saturated heterocycles. The minimum absolute atomic E-state index is 0.00904. The normalized spacial score (nSPS) is 18.8. The molecule has 0 aliphatic carbocycles. The topological polar surface area (TPSA) is 71.0 Å². The number of fused-ring (bicyclic) bond motifs is 1. The molecule has 2 N–H and O–H groups in total. The van der Waals surface area contributed by atoms with E-state index in [1.807, 2.05) is 66.7 Å². The number of amides is 1. The average molecular weight is 718 g/mol. The number of hydrogen-bond acceptors (Lipinski definition) is 5. The van der Waals surface area contributed by atoms with Gasteiger partial charge in [0.2, 0.25) is 0 Å². The first kappa shape index (κ1) is 35.4. The van der Waals surface area contributed by atoms with Crippen LogP contribution in [0.1, 0.15) is 59.6 Å². The zero-order chi connectivity index (χ0) is 34.5. The summed E-state index contributed by atoms with van der Waals surface area (Å²) in [5, 5.41) is 14.7. The molecule has 1 fully saturated rings. The van der Waals surface area contributed by atoms with Crippen molar-refractivity contribution in [2.45, 2.75) is 54.8 Å². The van der Waals surface area contributed by atoms with Crippen LogP contribution in [0.2, 0.25) is 0 Å². The molecule has 1 aliphatic rings. The minimum Gasteiger partial charge on any atom is -0.392 e. The number of hydrogen-bond donors (Lipinski definition) is 2. The molecule has 1 aliphatic heterocycles. The third kappa shape index (κ3) is 8.83. The van der Waals surface area contributed by atoms with Crippen molar-refractivity contribution in [3.8, 4) is 11.1 Å². The van der Waals surface area contributed by atoms with Gasteiger partial charge in [-0.05, 0) is 76.3 Å². The summed E-state index contributed by atoms with van der Waals surface area (Å²) in [6, 6.07) is 39.2. The Bertz CT molecular complexity index is 1900. The summed E-state index contributed by atoms with van der Waals surface area (Å²) >= 11 is 17.1. The molecule has 0 radical (unpaired) electrons. The van der Waals surface area contributed by atoms with Crippen LogP contribution in [-0.4, -0.2) is 39.4 Å². The number of nitrogens with zero attached hydrogens (tertiary/aromatic N) is 1. The summed E-state index contributed by atoms with van der Waals surface area (Å²) in [6.07, 6.45) is -0.222. The number of likely N-dealkylation sites (N-methyl/N-ethyl adjacent to an activating group) is 1. The molecule has 0 aromatic heterocycles. The molecule has 49 heavy (non-hydrogen) atoms. The number of carbonyl (C=O) groups is 1. The molecule has 5 aromatic rings. The van der Waals surface area contributed by atoms with Gasteiger partial charge in [0.05, 0.1) is 18.8 Å². The van der Waals surface area contributed by atoms with Gasteiger partial charge >= 0.3 is 0 Å². The zero-order valence-corrected chi connectivity index (χ0v) is 29.6. The highest BCUT2D eigenvalue weighted by Crippen LogP contribution is 2.39. The number of nitrogens with one attached hydrogen (secondary N) is 1. The monoisotopic (exact) mass is 716 g/mol. The molecule has 9 heteroatoms. The van der Waals surface area contributed by atoms with Crippen LogP contribution >= 0.6 is 34.8 Å². The lowest BCUT2D eigenvalue weighted by Crippen LogP contribution is -2.38. The second kappa shape index (κ2) is 15.6. The van der Waals surface area contributed by atoms with Gasteiger partial charge in [-0.15, -0.1) is 0 Å². The second-order valence-electron chi connectivity index (χ2n) is 12.6. The molecule has 6 rings (SSSR count). The molecule has 0 spiro atoms. The predicted molar refractivity (Wildman–Crippen MR) is 197 cm³/mol. The Hall–Kier alpha value is -3.46. The summed E-state index contributed by atoms with van der Waals surface area (Å²) in [4.78, 5) is 14.4. The summed E-state index contributed by atoms with van der Waals surface area (Å²) in [6.45, 7) is 3.15. The fraction of sp³-hybridized carbons (Fsp3) is 0.275. The number of alkyl halides is 3. The zero-order valence-electron chi connectivity index (χ0n) is 27.4. The molecule has 0 saturated carbocycles. The van der Waals surface area contributed by atoms with Gasteiger partial charge in [0.25, 0.3) is 9.70 Å². The summed E-state index contributed by atoms with van der Waals surface area (Å²) in [5.74, 6) is -0.677. The molecule has 4 unspecified atom stereocenters. The van der Waals surface area contributed by atoms with E-state index in [0.717, 1.165) is 33.4 Å². The van der Waals surface area contributed by atoms with Crippen molar-refractivity contribution in [1.82, 2.24) is 10.2 Å². The molecular formula is C40H39Cl3N2O4. The number of rotatable bonds is 10. The van der Waals surface area contributed by atoms with Crippen molar-refractivity contribution in [1.29, 1.82) is 0 Å². The average Bonchev–Trinajstić information content (AvgIpc) is 3.13. The third-order valence-electron chi connectivity index (χ3n) is 9.15. The van der Waals surface area contributed by atoms with Crippen molar-refractivity contribution >= 4 is 51.5 Å². The van der Waals surface area contributed by atoms with E-state index in [1.54, 1.807) is 0 Å². The first-order valence-corrected chi connectivity index (χ1v) is 17.4. The largest absolute Gasteiger partial charge is 0.392 e. The van der Waals surface area contributed by atoms with Gasteiger partial charge in [-0.2, -0.15) is 0 Å². The smallest absolute Gasteiger partial charge is 0.272 e. The summed E-state index contributed by atoms with van der Waals surface area (Å²) < 4.78 is 11.4. The van der Waals surface area contributed by atoms with Gasteiger partial charge in [-0.25, -0.2) is 0 Å². The van der Waals surface area contributed by atoms with Gasteiger partial charge in [0, 0.05) is 31.1 Å². The van der Waals surface area contributed by atoms with Crippen LogP contribution in [0.3, 0.4) is 0 Å². The van der Waals surface area contributed by atoms with E-state index in [-0.39, 0.29) is 31.4 Å². The molecule has 254 valence electrons. The van der Waals surface area contributed by atoms with Crippen molar-refractivity contribution in [3.05, 3.63) is 143 Å². The molecule has 1 heterocycles. The van der Waals surface area contributed by atoms with E-state index in [0.29, 0.717) is 13.0 Å². The lowest BCUT2D eigenvalue weighted by atomic mass is 9.97. The number of benzene rings is 5. The minimum atomic E-state index is -2.02. The lowest BCUT2D eigenvalue weighted by Gasteiger charge is -2.39. The van der Waals surface area contributed by atoms with Crippen molar-refractivity contribution in [3.63, 3.8) is 0 Å².